The molecule has 114 valence electrons. The van der Waals surface area contributed by atoms with E-state index >= 15 is 0 Å². The first kappa shape index (κ1) is 17.0. The predicted octanol–water partition coefficient (Wildman–Crippen LogP) is 3.51. The molecule has 0 aliphatic rings. The number of hydrogen-bond donors (Lipinski definition) is 0. The first-order valence-electron chi connectivity index (χ1n) is 6.68. The smallest absolute Gasteiger partial charge is 0.330 e. The molecule has 1 aromatic carbocycles. The predicted molar refractivity (Wildman–Crippen MR) is 79.0 cm³/mol. The van der Waals surface area contributed by atoms with Crippen LogP contribution in [0.2, 0.25) is 0 Å². The first-order valence-corrected chi connectivity index (χ1v) is 8.41. The van der Waals surface area contributed by atoms with Crippen LogP contribution < -0.4 is 9.47 Å². The molecule has 6 heteroatoms. The van der Waals surface area contributed by atoms with Crippen molar-refractivity contribution >= 4 is 7.60 Å². The lowest BCUT2D eigenvalue weighted by Gasteiger charge is -2.18. The van der Waals surface area contributed by atoms with E-state index in [0.717, 1.165) is 5.56 Å². The fraction of sp³-hybridized carbons (Fsp3) is 0.571. The van der Waals surface area contributed by atoms with Gasteiger partial charge in [-0.05, 0) is 31.9 Å². The molecular weight excluding hydrogens is 279 g/mol. The molecule has 1 aromatic rings. The minimum absolute atomic E-state index is 0.318. The Labute approximate surface area is 120 Å². The van der Waals surface area contributed by atoms with Gasteiger partial charge in [0.25, 0.3) is 0 Å². The SMILES string of the molecule is CCOP(=O)(CCc1cccc(OC)c1OC)OCC. The fourth-order valence-corrected chi connectivity index (χ4v) is 3.60. The number of ether oxygens (including phenoxy) is 2. The number of para-hydroxylation sites is 1. The van der Waals surface area contributed by atoms with Crippen LogP contribution in [0.1, 0.15) is 19.4 Å². The molecule has 0 spiro atoms. The van der Waals surface area contributed by atoms with E-state index in [1.165, 1.54) is 0 Å². The summed E-state index contributed by atoms with van der Waals surface area (Å²) in [4.78, 5) is 0. The standard InChI is InChI=1S/C14H23O5P/c1-5-18-20(15,19-6-2)11-10-12-8-7-9-13(16-3)14(12)17-4/h7-9H,5-6,10-11H2,1-4H3. The van der Waals surface area contributed by atoms with Crippen molar-refractivity contribution < 1.29 is 23.1 Å². The van der Waals surface area contributed by atoms with E-state index in [1.54, 1.807) is 28.1 Å². The van der Waals surface area contributed by atoms with E-state index in [1.807, 2.05) is 18.2 Å². The summed E-state index contributed by atoms with van der Waals surface area (Å²) in [5.41, 5.74) is 0.923. The van der Waals surface area contributed by atoms with Crippen LogP contribution in [-0.2, 0) is 20.0 Å². The van der Waals surface area contributed by atoms with E-state index in [-0.39, 0.29) is 0 Å². The molecule has 0 unspecified atom stereocenters. The van der Waals surface area contributed by atoms with Gasteiger partial charge in [-0.3, -0.25) is 4.57 Å². The van der Waals surface area contributed by atoms with E-state index < -0.39 is 7.60 Å². The number of benzene rings is 1. The normalized spacial score (nSPS) is 11.4. The van der Waals surface area contributed by atoms with E-state index in [4.69, 9.17) is 18.5 Å². The maximum Gasteiger partial charge on any atom is 0.330 e. The molecule has 0 saturated carbocycles. The topological polar surface area (TPSA) is 54.0 Å². The Morgan fingerprint density at radius 3 is 2.20 bits per heavy atom. The van der Waals surface area contributed by atoms with Crippen LogP contribution in [0, 0.1) is 0 Å². The van der Waals surface area contributed by atoms with E-state index in [2.05, 4.69) is 0 Å². The molecule has 0 saturated heterocycles. The molecular formula is C14H23O5P. The molecule has 0 amide bonds. The van der Waals surface area contributed by atoms with Gasteiger partial charge < -0.3 is 18.5 Å². The Kier molecular flexibility index (Phi) is 7.06. The third-order valence-electron chi connectivity index (χ3n) is 2.79. The summed E-state index contributed by atoms with van der Waals surface area (Å²) in [5.74, 6) is 1.32. The molecule has 0 radical (unpaired) electrons. The maximum atomic E-state index is 12.4. The van der Waals surface area contributed by atoms with Crippen molar-refractivity contribution in [2.24, 2.45) is 0 Å². The number of hydrogen-bond acceptors (Lipinski definition) is 5. The Bertz CT molecular complexity index is 451. The summed E-state index contributed by atoms with van der Waals surface area (Å²) in [6, 6.07) is 5.62. The summed E-state index contributed by atoms with van der Waals surface area (Å²) >= 11 is 0. The second-order valence-corrected chi connectivity index (χ2v) is 6.26. The summed E-state index contributed by atoms with van der Waals surface area (Å²) in [6.07, 6.45) is 0.857. The van der Waals surface area contributed by atoms with Crippen LogP contribution in [-0.4, -0.2) is 33.6 Å². The molecule has 1 rings (SSSR count). The second kappa shape index (κ2) is 8.30. The molecule has 0 aliphatic carbocycles. The van der Waals surface area contributed by atoms with Gasteiger partial charge in [0, 0.05) is 0 Å². The minimum Gasteiger partial charge on any atom is -0.493 e. The summed E-state index contributed by atoms with van der Waals surface area (Å²) < 4.78 is 33.6. The molecule has 0 fully saturated rings. The third-order valence-corrected chi connectivity index (χ3v) is 4.87. The summed E-state index contributed by atoms with van der Waals surface area (Å²) in [7, 11) is 0.144. The third kappa shape index (κ3) is 4.51. The number of rotatable bonds is 9. The average Bonchev–Trinajstić information content (AvgIpc) is 2.45. The molecule has 0 bridgehead atoms. The Morgan fingerprint density at radius 2 is 1.70 bits per heavy atom. The van der Waals surface area contributed by atoms with Crippen molar-refractivity contribution in [2.45, 2.75) is 20.3 Å². The zero-order valence-corrected chi connectivity index (χ0v) is 13.4. The summed E-state index contributed by atoms with van der Waals surface area (Å²) in [6.45, 7) is 4.34. The van der Waals surface area contributed by atoms with Gasteiger partial charge in [-0.2, -0.15) is 0 Å². The highest BCUT2D eigenvalue weighted by molar-refractivity contribution is 7.53. The van der Waals surface area contributed by atoms with Crippen molar-refractivity contribution in [1.29, 1.82) is 0 Å². The molecule has 5 nitrogen and oxygen atoms in total. The van der Waals surface area contributed by atoms with Gasteiger partial charge in [0.05, 0.1) is 33.6 Å². The Morgan fingerprint density at radius 1 is 1.05 bits per heavy atom. The van der Waals surface area contributed by atoms with E-state index in [0.29, 0.717) is 37.3 Å². The zero-order chi connectivity index (χ0) is 15.0. The number of methoxy groups -OCH3 is 2. The highest BCUT2D eigenvalue weighted by Gasteiger charge is 2.24. The van der Waals surface area contributed by atoms with Crippen molar-refractivity contribution in [3.63, 3.8) is 0 Å². The molecule has 20 heavy (non-hydrogen) atoms. The first-order chi connectivity index (χ1) is 9.60. The summed E-state index contributed by atoms with van der Waals surface area (Å²) in [5, 5.41) is 0. The van der Waals surface area contributed by atoms with Crippen LogP contribution in [0.5, 0.6) is 11.5 Å². The molecule has 0 aliphatic heterocycles. The van der Waals surface area contributed by atoms with Crippen molar-refractivity contribution in [3.05, 3.63) is 23.8 Å². The largest absolute Gasteiger partial charge is 0.493 e. The highest BCUT2D eigenvalue weighted by Crippen LogP contribution is 2.49. The molecule has 0 atom stereocenters. The van der Waals surface area contributed by atoms with Crippen LogP contribution in [0.15, 0.2) is 18.2 Å². The molecule has 0 aromatic heterocycles. The quantitative estimate of drug-likeness (QED) is 0.653. The van der Waals surface area contributed by atoms with Crippen molar-refractivity contribution in [3.8, 4) is 11.5 Å². The van der Waals surface area contributed by atoms with Crippen LogP contribution >= 0.6 is 7.60 Å². The monoisotopic (exact) mass is 302 g/mol. The van der Waals surface area contributed by atoms with Crippen molar-refractivity contribution in [2.75, 3.05) is 33.6 Å². The lowest BCUT2D eigenvalue weighted by molar-refractivity contribution is 0.220. The number of aryl methyl sites for hydroxylation is 1. The lowest BCUT2D eigenvalue weighted by atomic mass is 10.1. The van der Waals surface area contributed by atoms with Gasteiger partial charge in [0.1, 0.15) is 0 Å². The zero-order valence-electron chi connectivity index (χ0n) is 12.5. The van der Waals surface area contributed by atoms with E-state index in [9.17, 15) is 4.57 Å². The van der Waals surface area contributed by atoms with Gasteiger partial charge in [0.15, 0.2) is 11.5 Å². The maximum absolute atomic E-state index is 12.4. The lowest BCUT2D eigenvalue weighted by Crippen LogP contribution is -2.04. The van der Waals surface area contributed by atoms with Crippen molar-refractivity contribution in [1.82, 2.24) is 0 Å². The van der Waals surface area contributed by atoms with Gasteiger partial charge in [-0.25, -0.2) is 0 Å². The molecule has 0 heterocycles. The minimum atomic E-state index is -3.04. The molecule has 0 N–H and O–H groups in total. The fourth-order valence-electron chi connectivity index (χ4n) is 1.97. The van der Waals surface area contributed by atoms with Gasteiger partial charge in [0.2, 0.25) is 0 Å². The average molecular weight is 302 g/mol. The van der Waals surface area contributed by atoms with Crippen LogP contribution in [0.3, 0.4) is 0 Å². The van der Waals surface area contributed by atoms with Crippen LogP contribution in [0.4, 0.5) is 0 Å². The van der Waals surface area contributed by atoms with Gasteiger partial charge >= 0.3 is 7.60 Å². The Hall–Kier alpha value is -1.03. The Balaban J connectivity index is 2.85. The highest BCUT2D eigenvalue weighted by atomic mass is 31.2. The van der Waals surface area contributed by atoms with Crippen LogP contribution in [0.25, 0.3) is 0 Å². The second-order valence-electron chi connectivity index (χ2n) is 4.07. The van der Waals surface area contributed by atoms with Gasteiger partial charge in [-0.1, -0.05) is 12.1 Å². The van der Waals surface area contributed by atoms with Gasteiger partial charge in [-0.15, -0.1) is 0 Å².